The van der Waals surface area contributed by atoms with Gasteiger partial charge in [0.15, 0.2) is 0 Å². The van der Waals surface area contributed by atoms with Crippen LogP contribution in [0.5, 0.6) is 11.5 Å². The van der Waals surface area contributed by atoms with E-state index in [2.05, 4.69) is 6.07 Å². The lowest BCUT2D eigenvalue weighted by atomic mass is 10.2. The van der Waals surface area contributed by atoms with Crippen molar-refractivity contribution in [1.29, 1.82) is 5.26 Å². The molecule has 0 aliphatic heterocycles. The maximum absolute atomic E-state index is 13.1. The molecule has 0 heterocycles. The summed E-state index contributed by atoms with van der Waals surface area (Å²) in [6.45, 7) is 2.57. The summed E-state index contributed by atoms with van der Waals surface area (Å²) < 4.78 is 24.1. The molecule has 0 aliphatic rings. The Morgan fingerprint density at radius 3 is 2.48 bits per heavy atom. The molecule has 0 bridgehead atoms. The second kappa shape index (κ2) is 7.30. The molecule has 0 atom stereocenters. The van der Waals surface area contributed by atoms with Crippen LogP contribution in [0.3, 0.4) is 0 Å². The van der Waals surface area contributed by atoms with Gasteiger partial charge >= 0.3 is 0 Å². The fourth-order valence-electron chi connectivity index (χ4n) is 1.84. The molecule has 0 N–H and O–H groups in total. The van der Waals surface area contributed by atoms with E-state index < -0.39 is 0 Å². The van der Waals surface area contributed by atoms with Crippen LogP contribution in [0, 0.1) is 24.1 Å². The topological polar surface area (TPSA) is 42.2 Å². The largest absolute Gasteiger partial charge is 0.490 e. The smallest absolute Gasteiger partial charge is 0.126 e. The van der Waals surface area contributed by atoms with E-state index in [0.29, 0.717) is 25.4 Å². The van der Waals surface area contributed by atoms with Gasteiger partial charge in [0.05, 0.1) is 12.5 Å². The molecule has 3 nitrogen and oxygen atoms in total. The van der Waals surface area contributed by atoms with E-state index in [0.717, 1.165) is 16.9 Å². The van der Waals surface area contributed by atoms with E-state index in [9.17, 15) is 4.39 Å². The first-order chi connectivity index (χ1) is 10.2. The lowest BCUT2D eigenvalue weighted by Crippen LogP contribution is -2.09. The van der Waals surface area contributed by atoms with E-state index in [-0.39, 0.29) is 5.82 Å². The Balaban J connectivity index is 1.79. The van der Waals surface area contributed by atoms with Crippen molar-refractivity contribution in [3.05, 3.63) is 59.4 Å². The van der Waals surface area contributed by atoms with Gasteiger partial charge in [0, 0.05) is 6.07 Å². The quantitative estimate of drug-likeness (QED) is 0.761. The zero-order chi connectivity index (χ0) is 15.1. The minimum absolute atomic E-state index is 0.315. The molecule has 0 amide bonds. The molecule has 0 saturated carbocycles. The average Bonchev–Trinajstić information content (AvgIpc) is 2.49. The van der Waals surface area contributed by atoms with Crippen molar-refractivity contribution < 1.29 is 13.9 Å². The minimum Gasteiger partial charge on any atom is -0.490 e. The number of rotatable bonds is 6. The molecule has 0 saturated heterocycles. The van der Waals surface area contributed by atoms with Gasteiger partial charge in [0.25, 0.3) is 0 Å². The highest BCUT2D eigenvalue weighted by molar-refractivity contribution is 5.32. The number of halogens is 1. The first kappa shape index (κ1) is 14.9. The Bertz CT molecular complexity index is 632. The van der Waals surface area contributed by atoms with E-state index in [1.807, 2.05) is 31.2 Å². The number of aryl methyl sites for hydroxylation is 1. The third-order valence-corrected chi connectivity index (χ3v) is 2.97. The molecule has 4 heteroatoms. The highest BCUT2D eigenvalue weighted by atomic mass is 19.1. The van der Waals surface area contributed by atoms with Crippen LogP contribution in [0.25, 0.3) is 0 Å². The zero-order valence-corrected chi connectivity index (χ0v) is 11.8. The Kier molecular flexibility index (Phi) is 5.16. The molecule has 2 rings (SSSR count). The number of hydrogen-bond donors (Lipinski definition) is 0. The van der Waals surface area contributed by atoms with Crippen LogP contribution in [0.15, 0.2) is 42.5 Å². The predicted molar refractivity (Wildman–Crippen MR) is 77.9 cm³/mol. The Labute approximate surface area is 123 Å². The fourth-order valence-corrected chi connectivity index (χ4v) is 1.84. The molecule has 2 aromatic carbocycles. The Hall–Kier alpha value is -2.54. The van der Waals surface area contributed by atoms with Gasteiger partial charge < -0.3 is 9.47 Å². The second-order valence-electron chi connectivity index (χ2n) is 4.59. The first-order valence-corrected chi connectivity index (χ1v) is 6.66. The van der Waals surface area contributed by atoms with E-state index in [1.54, 1.807) is 6.07 Å². The van der Waals surface area contributed by atoms with Crippen molar-refractivity contribution in [3.8, 4) is 17.6 Å². The number of nitrogens with zero attached hydrogens (tertiary/aromatic N) is 1. The van der Waals surface area contributed by atoms with Gasteiger partial charge in [-0.3, -0.25) is 0 Å². The fraction of sp³-hybridized carbons (Fsp3) is 0.235. The molecule has 0 fully saturated rings. The Morgan fingerprint density at radius 1 is 1.05 bits per heavy atom. The summed E-state index contributed by atoms with van der Waals surface area (Å²) in [5.41, 5.74) is 1.84. The first-order valence-electron chi connectivity index (χ1n) is 6.66. The molecule has 0 aliphatic carbocycles. The molecule has 0 spiro atoms. The zero-order valence-electron chi connectivity index (χ0n) is 11.8. The van der Waals surface area contributed by atoms with Crippen LogP contribution in [-0.2, 0) is 6.42 Å². The monoisotopic (exact) mass is 285 g/mol. The molecule has 0 radical (unpaired) electrons. The van der Waals surface area contributed by atoms with Gasteiger partial charge in [-0.15, -0.1) is 0 Å². The predicted octanol–water partition coefficient (Wildman–Crippen LogP) is 3.66. The van der Waals surface area contributed by atoms with Crippen LogP contribution in [0.2, 0.25) is 0 Å². The van der Waals surface area contributed by atoms with Crippen molar-refractivity contribution >= 4 is 0 Å². The molecule has 21 heavy (non-hydrogen) atoms. The molecule has 2 aromatic rings. The van der Waals surface area contributed by atoms with Crippen molar-refractivity contribution in [3.63, 3.8) is 0 Å². The van der Waals surface area contributed by atoms with E-state index in [4.69, 9.17) is 14.7 Å². The van der Waals surface area contributed by atoms with Crippen LogP contribution < -0.4 is 9.47 Å². The standard InChI is InChI=1S/C17H16FNO2/c1-13-2-5-15(18)12-17(13)21-11-10-20-16-6-3-14(4-7-16)8-9-19/h2-7,12H,8,10-11H2,1H3. The minimum atomic E-state index is -0.315. The average molecular weight is 285 g/mol. The summed E-state index contributed by atoms with van der Waals surface area (Å²) >= 11 is 0. The van der Waals surface area contributed by atoms with Gasteiger partial charge in [0.1, 0.15) is 30.5 Å². The van der Waals surface area contributed by atoms with Crippen molar-refractivity contribution in [2.24, 2.45) is 0 Å². The highest BCUT2D eigenvalue weighted by Gasteiger charge is 2.02. The molecular formula is C17H16FNO2. The number of hydrogen-bond acceptors (Lipinski definition) is 3. The molecule has 0 aromatic heterocycles. The van der Waals surface area contributed by atoms with E-state index in [1.165, 1.54) is 12.1 Å². The normalized spacial score (nSPS) is 9.95. The number of nitriles is 1. The third-order valence-electron chi connectivity index (χ3n) is 2.97. The lowest BCUT2D eigenvalue weighted by Gasteiger charge is -2.10. The summed E-state index contributed by atoms with van der Waals surface area (Å²) in [5.74, 6) is 0.934. The number of benzene rings is 2. The van der Waals surface area contributed by atoms with E-state index >= 15 is 0 Å². The Morgan fingerprint density at radius 2 is 1.76 bits per heavy atom. The van der Waals surface area contributed by atoms with Gasteiger partial charge in [-0.1, -0.05) is 18.2 Å². The highest BCUT2D eigenvalue weighted by Crippen LogP contribution is 2.18. The van der Waals surface area contributed by atoms with Crippen LogP contribution in [-0.4, -0.2) is 13.2 Å². The lowest BCUT2D eigenvalue weighted by molar-refractivity contribution is 0.216. The van der Waals surface area contributed by atoms with Crippen molar-refractivity contribution in [1.82, 2.24) is 0 Å². The summed E-state index contributed by atoms with van der Waals surface area (Å²) in [6, 6.07) is 13.9. The van der Waals surface area contributed by atoms with Gasteiger partial charge in [-0.25, -0.2) is 4.39 Å². The second-order valence-corrected chi connectivity index (χ2v) is 4.59. The van der Waals surface area contributed by atoms with Gasteiger partial charge in [0.2, 0.25) is 0 Å². The van der Waals surface area contributed by atoms with Crippen LogP contribution >= 0.6 is 0 Å². The van der Waals surface area contributed by atoms with Crippen molar-refractivity contribution in [2.45, 2.75) is 13.3 Å². The SMILES string of the molecule is Cc1ccc(F)cc1OCCOc1ccc(CC#N)cc1. The molecule has 108 valence electrons. The van der Waals surface area contributed by atoms with Gasteiger partial charge in [-0.05, 0) is 36.2 Å². The summed E-state index contributed by atoms with van der Waals surface area (Å²) in [7, 11) is 0. The van der Waals surface area contributed by atoms with Gasteiger partial charge in [-0.2, -0.15) is 5.26 Å². The number of ether oxygens (including phenoxy) is 2. The summed E-state index contributed by atoms with van der Waals surface area (Å²) in [5, 5.41) is 8.59. The third kappa shape index (κ3) is 4.50. The maximum atomic E-state index is 13.1. The summed E-state index contributed by atoms with van der Waals surface area (Å²) in [6.07, 6.45) is 0.391. The molecule has 0 unspecified atom stereocenters. The van der Waals surface area contributed by atoms with Crippen molar-refractivity contribution in [2.75, 3.05) is 13.2 Å². The van der Waals surface area contributed by atoms with Crippen LogP contribution in [0.1, 0.15) is 11.1 Å². The molecular weight excluding hydrogens is 269 g/mol. The maximum Gasteiger partial charge on any atom is 0.126 e. The van der Waals surface area contributed by atoms with Crippen LogP contribution in [0.4, 0.5) is 4.39 Å². The summed E-state index contributed by atoms with van der Waals surface area (Å²) in [4.78, 5) is 0.